The number of carbonyl (C=O) groups excluding carboxylic acids is 1. The number of rotatable bonds is 3. The molecule has 0 radical (unpaired) electrons. The Bertz CT molecular complexity index is 508. The van der Waals surface area contributed by atoms with Gasteiger partial charge in [0.1, 0.15) is 5.75 Å². The number of para-hydroxylation sites is 1. The van der Waals surface area contributed by atoms with Crippen molar-refractivity contribution in [1.29, 1.82) is 0 Å². The molecule has 2 saturated heterocycles. The second-order valence-corrected chi connectivity index (χ2v) is 6.60. The van der Waals surface area contributed by atoms with Crippen LogP contribution in [0.5, 0.6) is 5.75 Å². The molecule has 1 amide bonds. The third-order valence-corrected chi connectivity index (χ3v) is 4.94. The molecule has 5 nitrogen and oxygen atoms in total. The van der Waals surface area contributed by atoms with Crippen molar-refractivity contribution in [2.24, 2.45) is 0 Å². The van der Waals surface area contributed by atoms with E-state index in [1.165, 1.54) is 19.4 Å². The zero-order valence-electron chi connectivity index (χ0n) is 14.0. The molecule has 23 heavy (non-hydrogen) atoms. The lowest BCUT2D eigenvalue weighted by molar-refractivity contribution is 0.151. The molecule has 0 N–H and O–H groups in total. The summed E-state index contributed by atoms with van der Waals surface area (Å²) in [4.78, 5) is 19.1. The SMILES string of the molecule is CN1CCC[C@@H]1CN1CCCN(C(=O)Oc2ccccc2)CC1. The highest BCUT2D eigenvalue weighted by molar-refractivity contribution is 5.70. The molecule has 2 aliphatic heterocycles. The standard InChI is InChI=1S/C18H27N3O2/c1-19-10-5-7-16(19)15-20-11-6-12-21(14-13-20)18(22)23-17-8-3-2-4-9-17/h2-4,8-9,16H,5-7,10-15H2,1H3/t16-/m1/s1. The Labute approximate surface area is 138 Å². The first kappa shape index (κ1) is 16.3. The number of hydrogen-bond acceptors (Lipinski definition) is 4. The van der Waals surface area contributed by atoms with Gasteiger partial charge in [-0.2, -0.15) is 0 Å². The minimum absolute atomic E-state index is 0.226. The number of ether oxygens (including phenoxy) is 1. The average molecular weight is 317 g/mol. The number of likely N-dealkylation sites (tertiary alicyclic amines) is 1. The fourth-order valence-electron chi connectivity index (χ4n) is 3.50. The third kappa shape index (κ3) is 4.45. The summed E-state index contributed by atoms with van der Waals surface area (Å²) in [5.41, 5.74) is 0. The predicted octanol–water partition coefficient (Wildman–Crippen LogP) is 2.29. The molecule has 2 heterocycles. The van der Waals surface area contributed by atoms with Crippen LogP contribution in [-0.2, 0) is 0 Å². The summed E-state index contributed by atoms with van der Waals surface area (Å²) >= 11 is 0. The lowest BCUT2D eigenvalue weighted by Gasteiger charge is -2.27. The first-order chi connectivity index (χ1) is 11.2. The Morgan fingerprint density at radius 2 is 1.91 bits per heavy atom. The van der Waals surface area contributed by atoms with Gasteiger partial charge in [-0.3, -0.25) is 4.90 Å². The van der Waals surface area contributed by atoms with Crippen molar-refractivity contribution < 1.29 is 9.53 Å². The molecule has 0 bridgehead atoms. The fraction of sp³-hybridized carbons (Fsp3) is 0.611. The highest BCUT2D eigenvalue weighted by atomic mass is 16.6. The molecule has 1 aromatic carbocycles. The van der Waals surface area contributed by atoms with Crippen molar-refractivity contribution in [3.05, 3.63) is 30.3 Å². The van der Waals surface area contributed by atoms with E-state index in [1.54, 1.807) is 0 Å². The van der Waals surface area contributed by atoms with Crippen LogP contribution in [0.25, 0.3) is 0 Å². The Morgan fingerprint density at radius 1 is 1.09 bits per heavy atom. The van der Waals surface area contributed by atoms with Crippen LogP contribution in [0.1, 0.15) is 19.3 Å². The van der Waals surface area contributed by atoms with Gasteiger partial charge in [0.2, 0.25) is 0 Å². The van der Waals surface area contributed by atoms with Crippen LogP contribution in [0.3, 0.4) is 0 Å². The number of amides is 1. The molecule has 5 heteroatoms. The van der Waals surface area contributed by atoms with Crippen LogP contribution < -0.4 is 4.74 Å². The summed E-state index contributed by atoms with van der Waals surface area (Å²) in [6.07, 6.45) is 3.40. The second-order valence-electron chi connectivity index (χ2n) is 6.60. The van der Waals surface area contributed by atoms with E-state index in [9.17, 15) is 4.79 Å². The Hall–Kier alpha value is -1.59. The Morgan fingerprint density at radius 3 is 2.65 bits per heavy atom. The van der Waals surface area contributed by atoms with Gasteiger partial charge in [-0.15, -0.1) is 0 Å². The summed E-state index contributed by atoms with van der Waals surface area (Å²) in [5.74, 6) is 0.617. The Balaban J connectivity index is 1.49. The maximum absolute atomic E-state index is 12.3. The van der Waals surface area contributed by atoms with Crippen molar-refractivity contribution in [1.82, 2.24) is 14.7 Å². The smallest absolute Gasteiger partial charge is 0.410 e. The highest BCUT2D eigenvalue weighted by Crippen LogP contribution is 2.17. The summed E-state index contributed by atoms with van der Waals surface area (Å²) in [6.45, 7) is 5.88. The quantitative estimate of drug-likeness (QED) is 0.857. The van der Waals surface area contributed by atoms with Gasteiger partial charge in [0.05, 0.1) is 0 Å². The lowest BCUT2D eigenvalue weighted by atomic mass is 10.2. The van der Waals surface area contributed by atoms with Gasteiger partial charge in [0, 0.05) is 32.2 Å². The molecule has 1 aromatic rings. The average Bonchev–Trinajstić information content (AvgIpc) is 2.82. The highest BCUT2D eigenvalue weighted by Gasteiger charge is 2.26. The van der Waals surface area contributed by atoms with Gasteiger partial charge in [-0.25, -0.2) is 4.79 Å². The van der Waals surface area contributed by atoms with E-state index in [2.05, 4.69) is 16.8 Å². The number of nitrogens with zero attached hydrogens (tertiary/aromatic N) is 3. The minimum Gasteiger partial charge on any atom is -0.410 e. The van der Waals surface area contributed by atoms with E-state index in [-0.39, 0.29) is 6.09 Å². The summed E-state index contributed by atoms with van der Waals surface area (Å²) < 4.78 is 5.46. The van der Waals surface area contributed by atoms with Gasteiger partial charge in [-0.1, -0.05) is 18.2 Å². The molecule has 2 fully saturated rings. The fourth-order valence-corrected chi connectivity index (χ4v) is 3.50. The van der Waals surface area contributed by atoms with Crippen LogP contribution in [0.15, 0.2) is 30.3 Å². The summed E-state index contributed by atoms with van der Waals surface area (Å²) in [6, 6.07) is 9.99. The molecule has 2 aliphatic rings. The van der Waals surface area contributed by atoms with Crippen molar-refractivity contribution in [3.8, 4) is 5.75 Å². The molecular formula is C18H27N3O2. The monoisotopic (exact) mass is 317 g/mol. The zero-order chi connectivity index (χ0) is 16.1. The number of benzene rings is 1. The van der Waals surface area contributed by atoms with Crippen molar-refractivity contribution in [2.75, 3.05) is 46.3 Å². The van der Waals surface area contributed by atoms with Crippen molar-refractivity contribution in [2.45, 2.75) is 25.3 Å². The van der Waals surface area contributed by atoms with Crippen LogP contribution in [-0.4, -0.2) is 73.2 Å². The van der Waals surface area contributed by atoms with Gasteiger partial charge < -0.3 is 14.5 Å². The maximum atomic E-state index is 12.3. The molecule has 0 unspecified atom stereocenters. The number of likely N-dealkylation sites (N-methyl/N-ethyl adjacent to an activating group) is 1. The van der Waals surface area contributed by atoms with E-state index in [4.69, 9.17) is 4.74 Å². The van der Waals surface area contributed by atoms with E-state index >= 15 is 0 Å². The van der Waals surface area contributed by atoms with E-state index < -0.39 is 0 Å². The number of carbonyl (C=O) groups is 1. The molecular weight excluding hydrogens is 290 g/mol. The molecule has 0 saturated carbocycles. The van der Waals surface area contributed by atoms with Crippen molar-refractivity contribution in [3.63, 3.8) is 0 Å². The van der Waals surface area contributed by atoms with E-state index in [0.29, 0.717) is 11.8 Å². The van der Waals surface area contributed by atoms with Crippen LogP contribution >= 0.6 is 0 Å². The van der Waals surface area contributed by atoms with Crippen molar-refractivity contribution >= 4 is 6.09 Å². The van der Waals surface area contributed by atoms with Gasteiger partial charge in [0.25, 0.3) is 0 Å². The van der Waals surface area contributed by atoms with Gasteiger partial charge in [0.15, 0.2) is 0 Å². The van der Waals surface area contributed by atoms with Crippen LogP contribution in [0.4, 0.5) is 4.79 Å². The topological polar surface area (TPSA) is 36.0 Å². The van der Waals surface area contributed by atoms with E-state index in [0.717, 1.165) is 39.1 Å². The predicted molar refractivity (Wildman–Crippen MR) is 90.7 cm³/mol. The largest absolute Gasteiger partial charge is 0.415 e. The molecule has 126 valence electrons. The molecule has 1 atom stereocenters. The molecule has 0 aromatic heterocycles. The lowest BCUT2D eigenvalue weighted by Crippen LogP contribution is -2.41. The van der Waals surface area contributed by atoms with Crippen LogP contribution in [0.2, 0.25) is 0 Å². The van der Waals surface area contributed by atoms with Gasteiger partial charge >= 0.3 is 6.09 Å². The zero-order valence-corrected chi connectivity index (χ0v) is 14.0. The minimum atomic E-state index is -0.226. The van der Waals surface area contributed by atoms with Crippen LogP contribution in [0, 0.1) is 0 Å². The third-order valence-electron chi connectivity index (χ3n) is 4.94. The molecule has 0 aliphatic carbocycles. The van der Waals surface area contributed by atoms with Gasteiger partial charge in [-0.05, 0) is 51.5 Å². The first-order valence-corrected chi connectivity index (χ1v) is 8.67. The molecule has 3 rings (SSSR count). The maximum Gasteiger partial charge on any atom is 0.415 e. The molecule has 0 spiro atoms. The Kier molecular flexibility index (Phi) is 5.51. The summed E-state index contributed by atoms with van der Waals surface area (Å²) in [5, 5.41) is 0. The second kappa shape index (κ2) is 7.79. The normalized spacial score (nSPS) is 23.7. The van der Waals surface area contributed by atoms with E-state index in [1.807, 2.05) is 35.2 Å². The number of hydrogen-bond donors (Lipinski definition) is 0. The summed E-state index contributed by atoms with van der Waals surface area (Å²) in [7, 11) is 2.22. The first-order valence-electron chi connectivity index (χ1n) is 8.67.